The van der Waals surface area contributed by atoms with Gasteiger partial charge < -0.3 is 37.6 Å². The third kappa shape index (κ3) is 9.83. The van der Waals surface area contributed by atoms with Crippen molar-refractivity contribution in [2.75, 3.05) is 13.1 Å². The number of amides is 3. The molecule has 12 nitrogen and oxygen atoms in total. The highest BCUT2D eigenvalue weighted by molar-refractivity contribution is 5.94. The highest BCUT2D eigenvalue weighted by atomic mass is 16.4. The van der Waals surface area contributed by atoms with Crippen LogP contribution in [-0.4, -0.2) is 71.1 Å². The molecular formula is C16H29N5O7. The molecule has 28 heavy (non-hydrogen) atoms. The first-order chi connectivity index (χ1) is 13.0. The smallest absolute Gasteiger partial charge is 0.326 e. The van der Waals surface area contributed by atoms with Gasteiger partial charge in [0.25, 0.3) is 0 Å². The number of aliphatic carboxylic acids is 2. The molecule has 160 valence electrons. The Morgan fingerprint density at radius 2 is 1.61 bits per heavy atom. The number of carboxylic acids is 2. The quantitative estimate of drug-likeness (QED) is 0.171. The molecule has 3 atom stereocenters. The van der Waals surface area contributed by atoms with E-state index in [2.05, 4.69) is 16.0 Å². The maximum atomic E-state index is 12.2. The van der Waals surface area contributed by atoms with Crippen LogP contribution >= 0.6 is 0 Å². The van der Waals surface area contributed by atoms with Gasteiger partial charge in [-0.3, -0.25) is 19.2 Å². The van der Waals surface area contributed by atoms with Gasteiger partial charge in [-0.2, -0.15) is 0 Å². The van der Waals surface area contributed by atoms with Gasteiger partial charge in [0.1, 0.15) is 12.1 Å². The van der Waals surface area contributed by atoms with E-state index in [-0.39, 0.29) is 0 Å². The van der Waals surface area contributed by atoms with Crippen LogP contribution in [0.3, 0.4) is 0 Å². The number of nitrogens with one attached hydrogen (secondary N) is 3. The summed E-state index contributed by atoms with van der Waals surface area (Å²) in [7, 11) is 0. The first-order valence-corrected chi connectivity index (χ1v) is 8.77. The fraction of sp³-hybridized carbons (Fsp3) is 0.688. The molecule has 0 spiro atoms. The maximum Gasteiger partial charge on any atom is 0.326 e. The number of carbonyl (C=O) groups excluding carboxylic acids is 3. The van der Waals surface area contributed by atoms with Crippen LogP contribution in [0.4, 0.5) is 0 Å². The van der Waals surface area contributed by atoms with Crippen molar-refractivity contribution in [2.45, 2.75) is 51.2 Å². The summed E-state index contributed by atoms with van der Waals surface area (Å²) in [5, 5.41) is 24.7. The molecule has 0 aromatic heterocycles. The van der Waals surface area contributed by atoms with Crippen molar-refractivity contribution in [3.8, 4) is 0 Å². The van der Waals surface area contributed by atoms with E-state index in [9.17, 15) is 24.0 Å². The first-order valence-electron chi connectivity index (χ1n) is 8.77. The van der Waals surface area contributed by atoms with Crippen LogP contribution in [0.2, 0.25) is 0 Å². The second-order valence-corrected chi connectivity index (χ2v) is 6.54. The van der Waals surface area contributed by atoms with Gasteiger partial charge in [-0.1, -0.05) is 13.8 Å². The SMILES string of the molecule is CC(C)[C@H](NC(=O)[C@H](CC(=O)O)NC(=O)CNC(=O)[C@@H](N)CCCN)C(=O)O. The van der Waals surface area contributed by atoms with Crippen molar-refractivity contribution in [2.24, 2.45) is 17.4 Å². The summed E-state index contributed by atoms with van der Waals surface area (Å²) in [6.45, 7) is 2.97. The van der Waals surface area contributed by atoms with Crippen molar-refractivity contribution in [1.29, 1.82) is 0 Å². The molecule has 9 N–H and O–H groups in total. The van der Waals surface area contributed by atoms with Crippen molar-refractivity contribution >= 4 is 29.7 Å². The minimum Gasteiger partial charge on any atom is -0.481 e. The molecule has 0 aliphatic rings. The summed E-state index contributed by atoms with van der Waals surface area (Å²) in [6.07, 6.45) is 0.105. The molecule has 0 radical (unpaired) electrons. The van der Waals surface area contributed by atoms with Gasteiger partial charge in [0.2, 0.25) is 17.7 Å². The summed E-state index contributed by atoms with van der Waals surface area (Å²) in [5.74, 6) is -5.49. The fourth-order valence-corrected chi connectivity index (χ4v) is 2.16. The van der Waals surface area contributed by atoms with Crippen molar-refractivity contribution in [1.82, 2.24) is 16.0 Å². The molecule has 0 unspecified atom stereocenters. The molecule has 0 fully saturated rings. The van der Waals surface area contributed by atoms with Gasteiger partial charge in [0.15, 0.2) is 0 Å². The number of rotatable bonds is 13. The Hall–Kier alpha value is -2.73. The zero-order valence-corrected chi connectivity index (χ0v) is 15.9. The van der Waals surface area contributed by atoms with E-state index in [0.29, 0.717) is 19.4 Å². The topological polar surface area (TPSA) is 214 Å². The van der Waals surface area contributed by atoms with Gasteiger partial charge in [-0.05, 0) is 25.3 Å². The monoisotopic (exact) mass is 403 g/mol. The Kier molecular flexibility index (Phi) is 11.4. The molecular weight excluding hydrogens is 374 g/mol. The molecule has 0 saturated carbocycles. The van der Waals surface area contributed by atoms with Crippen LogP contribution in [-0.2, 0) is 24.0 Å². The predicted molar refractivity (Wildman–Crippen MR) is 97.9 cm³/mol. The van der Waals surface area contributed by atoms with Gasteiger partial charge in [0, 0.05) is 0 Å². The van der Waals surface area contributed by atoms with Gasteiger partial charge in [0.05, 0.1) is 19.0 Å². The van der Waals surface area contributed by atoms with Crippen molar-refractivity contribution < 1.29 is 34.2 Å². The summed E-state index contributed by atoms with van der Waals surface area (Å²) in [6, 6.07) is -3.61. The Bertz CT molecular complexity index is 582. The minimum atomic E-state index is -1.51. The normalized spacial score (nSPS) is 13.9. The van der Waals surface area contributed by atoms with Crippen LogP contribution < -0.4 is 27.4 Å². The average Bonchev–Trinajstić information content (AvgIpc) is 2.60. The van der Waals surface area contributed by atoms with Crippen LogP contribution in [0.5, 0.6) is 0 Å². The largest absolute Gasteiger partial charge is 0.481 e. The molecule has 0 aliphatic carbocycles. The standard InChI is InChI=1S/C16H29N5O7/c1-8(2)13(16(27)28)21-15(26)10(6-12(23)24)20-11(22)7-19-14(25)9(18)4-3-5-17/h8-10,13H,3-7,17-18H2,1-2H3,(H,19,25)(H,20,22)(H,21,26)(H,23,24)(H,27,28)/t9-,10-,13-/m0/s1. The summed E-state index contributed by atoms with van der Waals surface area (Å²) < 4.78 is 0. The Morgan fingerprint density at radius 3 is 2.07 bits per heavy atom. The number of carboxylic acid groups (broad SMARTS) is 2. The summed E-state index contributed by atoms with van der Waals surface area (Å²) in [4.78, 5) is 58.1. The zero-order chi connectivity index (χ0) is 21.9. The number of hydrogen-bond donors (Lipinski definition) is 7. The Balaban J connectivity index is 4.83. The van der Waals surface area contributed by atoms with E-state index in [1.54, 1.807) is 13.8 Å². The third-order valence-electron chi connectivity index (χ3n) is 3.74. The average molecular weight is 403 g/mol. The lowest BCUT2D eigenvalue weighted by atomic mass is 10.0. The maximum absolute atomic E-state index is 12.2. The molecule has 0 rings (SSSR count). The van der Waals surface area contributed by atoms with E-state index in [4.69, 9.17) is 21.7 Å². The van der Waals surface area contributed by atoms with Crippen molar-refractivity contribution in [3.63, 3.8) is 0 Å². The van der Waals surface area contributed by atoms with E-state index in [1.165, 1.54) is 0 Å². The summed E-state index contributed by atoms with van der Waals surface area (Å²) in [5.41, 5.74) is 10.9. The van der Waals surface area contributed by atoms with Gasteiger partial charge in [-0.25, -0.2) is 4.79 Å². The lowest BCUT2D eigenvalue weighted by Crippen LogP contribution is -2.55. The zero-order valence-electron chi connectivity index (χ0n) is 15.9. The molecule has 0 aromatic rings. The third-order valence-corrected chi connectivity index (χ3v) is 3.74. The van der Waals surface area contributed by atoms with Crippen molar-refractivity contribution in [3.05, 3.63) is 0 Å². The molecule has 0 bridgehead atoms. The van der Waals surface area contributed by atoms with Gasteiger partial charge in [-0.15, -0.1) is 0 Å². The molecule has 0 aromatic carbocycles. The molecule has 12 heteroatoms. The van der Waals surface area contributed by atoms with E-state index >= 15 is 0 Å². The number of carbonyl (C=O) groups is 5. The highest BCUT2D eigenvalue weighted by Gasteiger charge is 2.30. The van der Waals surface area contributed by atoms with Crippen LogP contribution in [0.1, 0.15) is 33.1 Å². The van der Waals surface area contributed by atoms with Crippen LogP contribution in [0.25, 0.3) is 0 Å². The van der Waals surface area contributed by atoms with Crippen LogP contribution in [0, 0.1) is 5.92 Å². The van der Waals surface area contributed by atoms with E-state index < -0.39 is 66.7 Å². The second-order valence-electron chi connectivity index (χ2n) is 6.54. The number of hydrogen-bond acceptors (Lipinski definition) is 7. The van der Waals surface area contributed by atoms with Gasteiger partial charge >= 0.3 is 11.9 Å². The number of nitrogens with two attached hydrogens (primary N) is 2. The van der Waals surface area contributed by atoms with E-state index in [0.717, 1.165) is 0 Å². The highest BCUT2D eigenvalue weighted by Crippen LogP contribution is 2.03. The molecule has 0 aliphatic heterocycles. The van der Waals surface area contributed by atoms with Crippen LogP contribution in [0.15, 0.2) is 0 Å². The Morgan fingerprint density at radius 1 is 1.00 bits per heavy atom. The Labute approximate surface area is 162 Å². The summed E-state index contributed by atoms with van der Waals surface area (Å²) >= 11 is 0. The molecule has 0 saturated heterocycles. The fourth-order valence-electron chi connectivity index (χ4n) is 2.16. The molecule has 0 heterocycles. The first kappa shape index (κ1) is 25.3. The predicted octanol–water partition coefficient (Wildman–Crippen LogP) is -2.65. The minimum absolute atomic E-state index is 0.333. The lowest BCUT2D eigenvalue weighted by molar-refractivity contribution is -0.144. The molecule has 3 amide bonds. The lowest BCUT2D eigenvalue weighted by Gasteiger charge is -2.22. The second kappa shape index (κ2) is 12.6. The van der Waals surface area contributed by atoms with E-state index in [1.807, 2.05) is 0 Å².